The van der Waals surface area contributed by atoms with Crippen LogP contribution in [0.3, 0.4) is 0 Å². The fourth-order valence-electron chi connectivity index (χ4n) is 2.06. The van der Waals surface area contributed by atoms with Crippen molar-refractivity contribution in [2.24, 2.45) is 0 Å². The molecule has 0 amide bonds. The Hall–Kier alpha value is -2.28. The Balaban J connectivity index is 2.05. The molecule has 0 aliphatic rings. The van der Waals surface area contributed by atoms with Gasteiger partial charge in [0.2, 0.25) is 10.0 Å². The molecular weight excluding hydrogens is 286 g/mol. The molecule has 0 radical (unpaired) electrons. The molecule has 2 aromatic rings. The Bertz CT molecular complexity index is 823. The molecule has 0 unspecified atom stereocenters. The number of sulfonamides is 1. The van der Waals surface area contributed by atoms with Gasteiger partial charge in [0.1, 0.15) is 0 Å². The molecule has 0 saturated carbocycles. The van der Waals surface area contributed by atoms with Gasteiger partial charge in [-0.1, -0.05) is 0 Å². The molecule has 0 aliphatic heterocycles. The van der Waals surface area contributed by atoms with Gasteiger partial charge in [0, 0.05) is 30.1 Å². The van der Waals surface area contributed by atoms with Crippen LogP contribution >= 0.6 is 0 Å². The molecule has 0 aliphatic carbocycles. The Labute approximate surface area is 124 Å². The molecule has 6 heteroatoms. The number of H-pyrrole nitrogens is 1. The smallest absolute Gasteiger partial charge is 0.212 e. The van der Waals surface area contributed by atoms with E-state index >= 15 is 0 Å². The maximum absolute atomic E-state index is 11.6. The summed E-state index contributed by atoms with van der Waals surface area (Å²) in [5.74, 6) is 2.25. The molecule has 108 valence electrons. The second kappa shape index (κ2) is 6.45. The van der Waals surface area contributed by atoms with E-state index < -0.39 is 10.0 Å². The zero-order valence-corrected chi connectivity index (χ0v) is 12.2. The minimum absolute atomic E-state index is 0.0596. The lowest BCUT2D eigenvalue weighted by atomic mass is 10.1. The van der Waals surface area contributed by atoms with Crippen LogP contribution in [0.2, 0.25) is 0 Å². The van der Waals surface area contributed by atoms with E-state index in [-0.39, 0.29) is 12.2 Å². The topological polar surface area (TPSA) is 85.8 Å². The normalized spacial score (nSPS) is 11.1. The first-order valence-electron chi connectivity index (χ1n) is 6.46. The number of aromatic amines is 1. The van der Waals surface area contributed by atoms with Crippen LogP contribution in [-0.2, 0) is 16.4 Å². The first-order valence-corrected chi connectivity index (χ1v) is 8.12. The molecule has 0 bridgehead atoms. The van der Waals surface area contributed by atoms with Gasteiger partial charge in [-0.05, 0) is 30.2 Å². The summed E-state index contributed by atoms with van der Waals surface area (Å²) >= 11 is 0. The maximum Gasteiger partial charge on any atom is 0.212 e. The molecule has 21 heavy (non-hydrogen) atoms. The van der Waals surface area contributed by atoms with Crippen LogP contribution < -0.4 is 4.72 Å². The van der Waals surface area contributed by atoms with Crippen LogP contribution in [0.5, 0.6) is 0 Å². The van der Waals surface area contributed by atoms with Gasteiger partial charge in [0.25, 0.3) is 0 Å². The van der Waals surface area contributed by atoms with Gasteiger partial charge in [0.05, 0.1) is 17.4 Å². The zero-order chi connectivity index (χ0) is 15.3. The Morgan fingerprint density at radius 3 is 2.90 bits per heavy atom. The molecule has 2 N–H and O–H groups in total. The summed E-state index contributed by atoms with van der Waals surface area (Å²) in [6, 6.07) is 7.48. The van der Waals surface area contributed by atoms with E-state index in [0.29, 0.717) is 18.5 Å². The van der Waals surface area contributed by atoms with Crippen molar-refractivity contribution in [2.75, 3.05) is 12.3 Å². The van der Waals surface area contributed by atoms with Gasteiger partial charge < -0.3 is 4.98 Å². The lowest BCUT2D eigenvalue weighted by Gasteiger charge is -2.04. The van der Waals surface area contributed by atoms with Gasteiger partial charge in [-0.2, -0.15) is 5.26 Å². The fourth-order valence-corrected chi connectivity index (χ4v) is 3.01. The second-order valence-electron chi connectivity index (χ2n) is 4.60. The molecular formula is C15H15N3O2S. The number of nitriles is 1. The van der Waals surface area contributed by atoms with Crippen LogP contribution in [-0.4, -0.2) is 25.7 Å². The third-order valence-corrected chi connectivity index (χ3v) is 4.51. The highest BCUT2D eigenvalue weighted by Gasteiger charge is 2.10. The van der Waals surface area contributed by atoms with Crippen molar-refractivity contribution in [2.45, 2.75) is 12.8 Å². The van der Waals surface area contributed by atoms with Crippen LogP contribution in [0.1, 0.15) is 17.5 Å². The van der Waals surface area contributed by atoms with Crippen molar-refractivity contribution in [1.29, 1.82) is 5.26 Å². The highest BCUT2D eigenvalue weighted by molar-refractivity contribution is 7.89. The molecule has 0 saturated heterocycles. The van der Waals surface area contributed by atoms with Crippen molar-refractivity contribution in [3.8, 4) is 18.4 Å². The van der Waals surface area contributed by atoms with Crippen LogP contribution in [0, 0.1) is 23.7 Å². The summed E-state index contributed by atoms with van der Waals surface area (Å²) < 4.78 is 25.8. The first kappa shape index (κ1) is 15.1. The van der Waals surface area contributed by atoms with E-state index in [2.05, 4.69) is 21.7 Å². The Morgan fingerprint density at radius 2 is 2.19 bits per heavy atom. The summed E-state index contributed by atoms with van der Waals surface area (Å²) in [5.41, 5.74) is 2.49. The molecule has 0 fully saturated rings. The fraction of sp³-hybridized carbons (Fsp3) is 0.267. The zero-order valence-electron chi connectivity index (χ0n) is 11.4. The molecule has 2 rings (SSSR count). The Kier molecular flexibility index (Phi) is 4.64. The predicted molar refractivity (Wildman–Crippen MR) is 82.0 cm³/mol. The van der Waals surface area contributed by atoms with Crippen molar-refractivity contribution in [3.05, 3.63) is 35.5 Å². The second-order valence-corrected chi connectivity index (χ2v) is 6.53. The quantitative estimate of drug-likeness (QED) is 0.793. The monoisotopic (exact) mass is 301 g/mol. The lowest BCUT2D eigenvalue weighted by molar-refractivity contribution is 0.581. The number of hydrogen-bond donors (Lipinski definition) is 2. The standard InChI is InChI=1S/C15H15N3O2S/c1-2-3-8-21(19,20)18-7-6-13-11-17-15-5-4-12(10-16)9-14(13)15/h1,4-5,9,11,17-18H,3,6-8H2. The average Bonchev–Trinajstić information content (AvgIpc) is 2.87. The number of hydrogen-bond acceptors (Lipinski definition) is 3. The molecule has 5 nitrogen and oxygen atoms in total. The minimum atomic E-state index is -3.32. The van der Waals surface area contributed by atoms with Gasteiger partial charge in [-0.3, -0.25) is 0 Å². The van der Waals surface area contributed by atoms with E-state index in [4.69, 9.17) is 11.7 Å². The predicted octanol–water partition coefficient (Wildman–Crippen LogP) is 1.52. The van der Waals surface area contributed by atoms with Crippen molar-refractivity contribution >= 4 is 20.9 Å². The van der Waals surface area contributed by atoms with E-state index in [0.717, 1.165) is 16.5 Å². The summed E-state index contributed by atoms with van der Waals surface area (Å²) in [6.07, 6.45) is 7.64. The third-order valence-electron chi connectivity index (χ3n) is 3.13. The lowest BCUT2D eigenvalue weighted by Crippen LogP contribution is -2.28. The van der Waals surface area contributed by atoms with Crippen molar-refractivity contribution < 1.29 is 8.42 Å². The Morgan fingerprint density at radius 1 is 1.38 bits per heavy atom. The molecule has 0 atom stereocenters. The maximum atomic E-state index is 11.6. The largest absolute Gasteiger partial charge is 0.361 e. The number of nitrogens with one attached hydrogen (secondary N) is 2. The molecule has 1 aromatic heterocycles. The van der Waals surface area contributed by atoms with Gasteiger partial charge in [-0.25, -0.2) is 13.1 Å². The summed E-state index contributed by atoms with van der Waals surface area (Å²) in [4.78, 5) is 3.11. The summed E-state index contributed by atoms with van der Waals surface area (Å²) in [5, 5.41) is 9.86. The van der Waals surface area contributed by atoms with Crippen molar-refractivity contribution in [3.63, 3.8) is 0 Å². The van der Waals surface area contributed by atoms with E-state index in [1.165, 1.54) is 0 Å². The van der Waals surface area contributed by atoms with Gasteiger partial charge >= 0.3 is 0 Å². The van der Waals surface area contributed by atoms with Crippen LogP contribution in [0.15, 0.2) is 24.4 Å². The van der Waals surface area contributed by atoms with Crippen LogP contribution in [0.4, 0.5) is 0 Å². The average molecular weight is 301 g/mol. The minimum Gasteiger partial charge on any atom is -0.361 e. The SMILES string of the molecule is C#CCCS(=O)(=O)NCCc1c[nH]c2ccc(C#N)cc12. The summed E-state index contributed by atoms with van der Waals surface area (Å²) in [6.45, 7) is 0.302. The van der Waals surface area contributed by atoms with E-state index in [1.54, 1.807) is 12.1 Å². The number of benzene rings is 1. The molecule has 1 heterocycles. The van der Waals surface area contributed by atoms with Crippen LogP contribution in [0.25, 0.3) is 10.9 Å². The van der Waals surface area contributed by atoms with E-state index in [9.17, 15) is 8.42 Å². The highest BCUT2D eigenvalue weighted by atomic mass is 32.2. The van der Waals surface area contributed by atoms with Gasteiger partial charge in [0.15, 0.2) is 0 Å². The number of nitrogens with zero attached hydrogens (tertiary/aromatic N) is 1. The number of terminal acetylenes is 1. The first-order chi connectivity index (χ1) is 10.1. The number of aromatic nitrogens is 1. The molecule has 0 spiro atoms. The van der Waals surface area contributed by atoms with Crippen molar-refractivity contribution in [1.82, 2.24) is 9.71 Å². The highest BCUT2D eigenvalue weighted by Crippen LogP contribution is 2.19. The van der Waals surface area contributed by atoms with E-state index in [1.807, 2.05) is 12.3 Å². The summed E-state index contributed by atoms with van der Waals surface area (Å²) in [7, 11) is -3.32. The third kappa shape index (κ3) is 3.85. The molecule has 1 aromatic carbocycles. The van der Waals surface area contributed by atoms with Gasteiger partial charge in [-0.15, -0.1) is 12.3 Å². The number of rotatable bonds is 6. The number of fused-ring (bicyclic) bond motifs is 1.